The fourth-order valence-electron chi connectivity index (χ4n) is 4.11. The first-order valence-corrected chi connectivity index (χ1v) is 12.6. The highest BCUT2D eigenvalue weighted by atomic mass is 16.2. The van der Waals surface area contributed by atoms with Crippen LogP contribution in [0.4, 0.5) is 0 Å². The molecule has 0 fully saturated rings. The van der Waals surface area contributed by atoms with Gasteiger partial charge in [0.1, 0.15) is 0 Å². The Balaban J connectivity index is 1.63. The second-order valence-electron chi connectivity index (χ2n) is 9.24. The summed E-state index contributed by atoms with van der Waals surface area (Å²) in [7, 11) is 0. The van der Waals surface area contributed by atoms with Crippen LogP contribution in [0.25, 0.3) is 0 Å². The summed E-state index contributed by atoms with van der Waals surface area (Å²) in [6.07, 6.45) is 0. The molecule has 3 aromatic carbocycles. The lowest BCUT2D eigenvalue weighted by Gasteiger charge is -2.24. The molecular formula is C30H36N4O3. The van der Waals surface area contributed by atoms with E-state index in [0.717, 1.165) is 16.7 Å². The molecule has 3 atom stereocenters. The minimum absolute atomic E-state index is 0.0859. The number of carbonyl (C=O) groups excluding carboxylic acids is 3. The maximum Gasteiger partial charge on any atom is 0.234 e. The average Bonchev–Trinajstić information content (AvgIpc) is 2.89. The monoisotopic (exact) mass is 500 g/mol. The van der Waals surface area contributed by atoms with E-state index in [1.807, 2.05) is 112 Å². The third kappa shape index (κ3) is 9.20. The van der Waals surface area contributed by atoms with Crippen molar-refractivity contribution in [1.29, 1.82) is 0 Å². The summed E-state index contributed by atoms with van der Waals surface area (Å²) in [6.45, 7) is 5.45. The van der Waals surface area contributed by atoms with Crippen molar-refractivity contribution < 1.29 is 14.4 Å². The van der Waals surface area contributed by atoms with Crippen LogP contribution in [0.5, 0.6) is 0 Å². The van der Waals surface area contributed by atoms with Gasteiger partial charge in [-0.1, -0.05) is 91.0 Å². The van der Waals surface area contributed by atoms with Crippen molar-refractivity contribution >= 4 is 17.7 Å². The molecule has 0 heterocycles. The molecule has 3 rings (SSSR count). The zero-order chi connectivity index (χ0) is 26.6. The highest BCUT2D eigenvalue weighted by molar-refractivity contribution is 5.84. The van der Waals surface area contributed by atoms with Gasteiger partial charge in [-0.15, -0.1) is 0 Å². The van der Waals surface area contributed by atoms with Gasteiger partial charge in [0.15, 0.2) is 0 Å². The maximum atomic E-state index is 12.9. The fourth-order valence-corrected chi connectivity index (χ4v) is 4.11. The quantitative estimate of drug-likeness (QED) is 0.352. The SMILES string of the molecule is C[C@H](NC(=O)CN(CC(=O)N[C@@H](C)c1ccccc1)CC(=O)N[C@@H](C)c1ccccc1)c1ccccc1. The van der Waals surface area contributed by atoms with Gasteiger partial charge in [0, 0.05) is 0 Å². The van der Waals surface area contributed by atoms with E-state index < -0.39 is 0 Å². The lowest BCUT2D eigenvalue weighted by atomic mass is 10.1. The first kappa shape index (κ1) is 27.6. The van der Waals surface area contributed by atoms with E-state index >= 15 is 0 Å². The molecule has 0 bridgehead atoms. The maximum absolute atomic E-state index is 12.9. The summed E-state index contributed by atoms with van der Waals surface area (Å²) in [4.78, 5) is 40.2. The second kappa shape index (κ2) is 13.9. The van der Waals surface area contributed by atoms with E-state index in [2.05, 4.69) is 16.0 Å². The number of benzene rings is 3. The molecule has 7 nitrogen and oxygen atoms in total. The Kier molecular flexibility index (Phi) is 10.4. The Morgan fingerprint density at radius 1 is 0.514 bits per heavy atom. The van der Waals surface area contributed by atoms with Crippen molar-refractivity contribution in [2.24, 2.45) is 0 Å². The lowest BCUT2D eigenvalue weighted by Crippen LogP contribution is -2.47. The van der Waals surface area contributed by atoms with E-state index in [1.165, 1.54) is 0 Å². The summed E-state index contributed by atoms with van der Waals surface area (Å²) >= 11 is 0. The van der Waals surface area contributed by atoms with Crippen molar-refractivity contribution in [2.45, 2.75) is 38.9 Å². The van der Waals surface area contributed by atoms with Crippen LogP contribution in [0, 0.1) is 0 Å². The zero-order valence-electron chi connectivity index (χ0n) is 21.7. The number of nitrogens with one attached hydrogen (secondary N) is 3. The number of amides is 3. The summed E-state index contributed by atoms with van der Waals surface area (Å²) < 4.78 is 0. The molecule has 0 unspecified atom stereocenters. The van der Waals surface area contributed by atoms with Crippen molar-refractivity contribution in [3.63, 3.8) is 0 Å². The van der Waals surface area contributed by atoms with Crippen LogP contribution in [0.15, 0.2) is 91.0 Å². The number of rotatable bonds is 12. The van der Waals surface area contributed by atoms with Crippen molar-refractivity contribution in [1.82, 2.24) is 20.9 Å². The largest absolute Gasteiger partial charge is 0.348 e. The van der Waals surface area contributed by atoms with Gasteiger partial charge in [-0.2, -0.15) is 0 Å². The Morgan fingerprint density at radius 3 is 1.00 bits per heavy atom. The summed E-state index contributed by atoms with van der Waals surface area (Å²) in [5.74, 6) is -0.780. The minimum atomic E-state index is -0.260. The van der Waals surface area contributed by atoms with Gasteiger partial charge in [-0.05, 0) is 37.5 Å². The second-order valence-corrected chi connectivity index (χ2v) is 9.24. The van der Waals surface area contributed by atoms with Gasteiger partial charge < -0.3 is 16.0 Å². The Labute approximate surface area is 219 Å². The first-order chi connectivity index (χ1) is 17.8. The van der Waals surface area contributed by atoms with Gasteiger partial charge in [-0.25, -0.2) is 0 Å². The van der Waals surface area contributed by atoms with Gasteiger partial charge in [0.05, 0.1) is 37.8 Å². The predicted molar refractivity (Wildman–Crippen MR) is 145 cm³/mol. The molecule has 0 aromatic heterocycles. The molecule has 0 spiro atoms. The van der Waals surface area contributed by atoms with E-state index in [4.69, 9.17) is 0 Å². The first-order valence-electron chi connectivity index (χ1n) is 12.6. The van der Waals surface area contributed by atoms with Gasteiger partial charge >= 0.3 is 0 Å². The van der Waals surface area contributed by atoms with Crippen molar-refractivity contribution in [3.05, 3.63) is 108 Å². The average molecular weight is 501 g/mol. The van der Waals surface area contributed by atoms with Gasteiger partial charge in [-0.3, -0.25) is 19.3 Å². The number of nitrogens with zero attached hydrogens (tertiary/aromatic N) is 1. The minimum Gasteiger partial charge on any atom is -0.348 e. The van der Waals surface area contributed by atoms with E-state index in [-0.39, 0.29) is 55.5 Å². The molecule has 0 aliphatic heterocycles. The van der Waals surface area contributed by atoms with E-state index in [0.29, 0.717) is 0 Å². The molecular weight excluding hydrogens is 464 g/mol. The molecule has 0 saturated carbocycles. The molecule has 0 aliphatic rings. The molecule has 0 radical (unpaired) electrons. The summed E-state index contributed by atoms with van der Waals surface area (Å²) in [5, 5.41) is 8.89. The molecule has 0 aliphatic carbocycles. The van der Waals surface area contributed by atoms with Crippen LogP contribution in [0.1, 0.15) is 55.6 Å². The molecule has 0 saturated heterocycles. The predicted octanol–water partition coefficient (Wildman–Crippen LogP) is 3.92. The number of carbonyl (C=O) groups is 3. The third-order valence-electron chi connectivity index (χ3n) is 6.13. The molecule has 37 heavy (non-hydrogen) atoms. The highest BCUT2D eigenvalue weighted by Crippen LogP contribution is 2.13. The molecule has 3 aromatic rings. The molecule has 194 valence electrons. The summed E-state index contributed by atoms with van der Waals surface area (Å²) in [5.41, 5.74) is 2.93. The highest BCUT2D eigenvalue weighted by Gasteiger charge is 2.21. The summed E-state index contributed by atoms with van der Waals surface area (Å²) in [6, 6.07) is 28.3. The van der Waals surface area contributed by atoms with Crippen molar-refractivity contribution in [3.8, 4) is 0 Å². The fraction of sp³-hybridized carbons (Fsp3) is 0.300. The normalized spacial score (nSPS) is 13.3. The van der Waals surface area contributed by atoms with Gasteiger partial charge in [0.2, 0.25) is 17.7 Å². The Hall–Kier alpha value is -3.97. The van der Waals surface area contributed by atoms with Crippen LogP contribution in [0.2, 0.25) is 0 Å². The molecule has 3 amide bonds. The number of hydrogen-bond donors (Lipinski definition) is 3. The molecule has 3 N–H and O–H groups in total. The Bertz CT molecular complexity index is 993. The van der Waals surface area contributed by atoms with Crippen molar-refractivity contribution in [2.75, 3.05) is 19.6 Å². The Morgan fingerprint density at radius 2 is 0.757 bits per heavy atom. The standard InChI is InChI=1S/C30H36N4O3/c1-22(25-13-7-4-8-14-25)31-28(35)19-34(20-29(36)32-23(2)26-15-9-5-10-16-26)21-30(37)33-24(3)27-17-11-6-12-18-27/h4-18,22-24H,19-21H2,1-3H3,(H,31,35)(H,32,36)(H,33,37)/t22-,23-,24-/m0/s1. The van der Waals surface area contributed by atoms with E-state index in [1.54, 1.807) is 4.90 Å². The lowest BCUT2D eigenvalue weighted by molar-refractivity contribution is -0.128. The number of hydrogen-bond acceptors (Lipinski definition) is 4. The van der Waals surface area contributed by atoms with Crippen LogP contribution in [-0.2, 0) is 14.4 Å². The third-order valence-corrected chi connectivity index (χ3v) is 6.13. The van der Waals surface area contributed by atoms with Crippen LogP contribution in [0.3, 0.4) is 0 Å². The van der Waals surface area contributed by atoms with Crippen LogP contribution in [-0.4, -0.2) is 42.3 Å². The smallest absolute Gasteiger partial charge is 0.234 e. The zero-order valence-corrected chi connectivity index (χ0v) is 21.7. The van der Waals surface area contributed by atoms with E-state index in [9.17, 15) is 14.4 Å². The van der Waals surface area contributed by atoms with Crippen LogP contribution < -0.4 is 16.0 Å². The topological polar surface area (TPSA) is 90.5 Å². The van der Waals surface area contributed by atoms with Crippen LogP contribution >= 0.6 is 0 Å². The van der Waals surface area contributed by atoms with Gasteiger partial charge in [0.25, 0.3) is 0 Å². The molecule has 7 heteroatoms.